The van der Waals surface area contributed by atoms with Gasteiger partial charge in [-0.05, 0) is 23.3 Å². The number of halogens is 1. The Morgan fingerprint density at radius 1 is 1.11 bits per heavy atom. The van der Waals surface area contributed by atoms with Crippen LogP contribution in [-0.4, -0.2) is 5.97 Å². The molecule has 2 nitrogen and oxygen atoms in total. The minimum Gasteiger partial charge on any atom is -0.454 e. The summed E-state index contributed by atoms with van der Waals surface area (Å²) in [5, 5.41) is 0. The third kappa shape index (κ3) is 2.06. The highest BCUT2D eigenvalue weighted by molar-refractivity contribution is 9.10. The second-order valence-electron chi connectivity index (χ2n) is 4.31. The molecule has 3 rings (SSSR count). The van der Waals surface area contributed by atoms with E-state index in [1.165, 1.54) is 0 Å². The molecule has 2 aromatic carbocycles. The number of hydrogen-bond donors (Lipinski definition) is 0. The van der Waals surface area contributed by atoms with Crippen LogP contribution in [0.2, 0.25) is 0 Å². The van der Waals surface area contributed by atoms with E-state index in [0.29, 0.717) is 5.56 Å². The molecule has 3 heteroatoms. The molecule has 0 spiro atoms. The Bertz CT molecular complexity index is 593. The predicted molar refractivity (Wildman–Crippen MR) is 72.4 cm³/mol. The van der Waals surface area contributed by atoms with Gasteiger partial charge >= 0.3 is 5.97 Å². The first-order chi connectivity index (χ1) is 8.74. The first-order valence-electron chi connectivity index (χ1n) is 5.78. The average molecular weight is 303 g/mol. The van der Waals surface area contributed by atoms with Crippen LogP contribution in [0.3, 0.4) is 0 Å². The molecule has 0 amide bonds. The number of ether oxygens (including phenoxy) is 1. The maximum absolute atomic E-state index is 12.0. The van der Waals surface area contributed by atoms with E-state index < -0.39 is 0 Å². The van der Waals surface area contributed by atoms with Crippen LogP contribution in [0, 0.1) is 0 Å². The predicted octanol–water partition coefficient (Wildman–Crippen LogP) is 3.90. The van der Waals surface area contributed by atoms with E-state index in [0.717, 1.165) is 22.0 Å². The maximum Gasteiger partial charge on any atom is 0.339 e. The normalized spacial score (nSPS) is 18.1. The van der Waals surface area contributed by atoms with Crippen molar-refractivity contribution in [3.63, 3.8) is 0 Å². The fourth-order valence-electron chi connectivity index (χ4n) is 2.20. The first-order valence-corrected chi connectivity index (χ1v) is 6.58. The average Bonchev–Trinajstić information content (AvgIpc) is 2.40. The van der Waals surface area contributed by atoms with Crippen molar-refractivity contribution in [2.24, 2.45) is 0 Å². The summed E-state index contributed by atoms with van der Waals surface area (Å²) < 4.78 is 6.39. The Hall–Kier alpha value is -1.61. The van der Waals surface area contributed by atoms with Crippen molar-refractivity contribution in [3.05, 3.63) is 69.7 Å². The summed E-state index contributed by atoms with van der Waals surface area (Å²) in [5.74, 6) is -0.244. The molecule has 0 bridgehead atoms. The molecule has 2 aromatic rings. The van der Waals surface area contributed by atoms with Gasteiger partial charge in [0.15, 0.2) is 0 Å². The van der Waals surface area contributed by atoms with Gasteiger partial charge in [-0.15, -0.1) is 0 Å². The lowest BCUT2D eigenvalue weighted by molar-refractivity contribution is 0.0253. The molecule has 90 valence electrons. The van der Waals surface area contributed by atoms with Gasteiger partial charge in [-0.2, -0.15) is 0 Å². The van der Waals surface area contributed by atoms with E-state index in [1.54, 1.807) is 0 Å². The molecule has 1 heterocycles. The minimum atomic E-state index is -0.244. The monoisotopic (exact) mass is 302 g/mol. The third-order valence-corrected chi connectivity index (χ3v) is 3.61. The Labute approximate surface area is 114 Å². The molecule has 1 unspecified atom stereocenters. The molecule has 0 aromatic heterocycles. The highest BCUT2D eigenvalue weighted by atomic mass is 79.9. The van der Waals surface area contributed by atoms with Crippen LogP contribution >= 0.6 is 15.9 Å². The molecular weight excluding hydrogens is 292 g/mol. The molecule has 1 aliphatic rings. The molecule has 0 N–H and O–H groups in total. The fourth-order valence-corrected chi connectivity index (χ4v) is 2.57. The van der Waals surface area contributed by atoms with Gasteiger partial charge in [0.2, 0.25) is 0 Å². The Kier molecular flexibility index (Phi) is 2.92. The minimum absolute atomic E-state index is 0.174. The largest absolute Gasteiger partial charge is 0.454 e. The van der Waals surface area contributed by atoms with Crippen molar-refractivity contribution >= 4 is 21.9 Å². The van der Waals surface area contributed by atoms with Gasteiger partial charge in [0, 0.05) is 10.9 Å². The zero-order chi connectivity index (χ0) is 12.5. The summed E-state index contributed by atoms with van der Waals surface area (Å²) in [6.07, 6.45) is 0.561. The number of esters is 1. The summed E-state index contributed by atoms with van der Waals surface area (Å²) in [6, 6.07) is 15.6. The van der Waals surface area contributed by atoms with Gasteiger partial charge in [-0.25, -0.2) is 4.79 Å². The molecule has 0 aliphatic carbocycles. The van der Waals surface area contributed by atoms with E-state index >= 15 is 0 Å². The summed E-state index contributed by atoms with van der Waals surface area (Å²) >= 11 is 3.37. The van der Waals surface area contributed by atoms with E-state index in [9.17, 15) is 4.79 Å². The van der Waals surface area contributed by atoms with Gasteiger partial charge < -0.3 is 4.74 Å². The highest BCUT2D eigenvalue weighted by Crippen LogP contribution is 2.31. The zero-order valence-corrected chi connectivity index (χ0v) is 11.2. The van der Waals surface area contributed by atoms with Crippen LogP contribution < -0.4 is 0 Å². The van der Waals surface area contributed by atoms with Crippen LogP contribution in [0.15, 0.2) is 53.0 Å². The lowest BCUT2D eigenvalue weighted by Gasteiger charge is -2.25. The molecular formula is C15H11BrO2. The van der Waals surface area contributed by atoms with Crippen LogP contribution in [0.5, 0.6) is 0 Å². The highest BCUT2D eigenvalue weighted by Gasteiger charge is 2.27. The number of rotatable bonds is 1. The fraction of sp³-hybridized carbons (Fsp3) is 0.133. The van der Waals surface area contributed by atoms with Crippen LogP contribution in [0.25, 0.3) is 0 Å². The lowest BCUT2D eigenvalue weighted by Crippen LogP contribution is -2.21. The van der Waals surface area contributed by atoms with Gasteiger partial charge in [-0.1, -0.05) is 52.3 Å². The second kappa shape index (κ2) is 4.58. The lowest BCUT2D eigenvalue weighted by atomic mass is 9.95. The molecule has 1 atom stereocenters. The smallest absolute Gasteiger partial charge is 0.339 e. The van der Waals surface area contributed by atoms with Crippen LogP contribution in [-0.2, 0) is 11.2 Å². The number of fused-ring (bicyclic) bond motifs is 1. The molecule has 18 heavy (non-hydrogen) atoms. The van der Waals surface area contributed by atoms with Crippen molar-refractivity contribution in [1.29, 1.82) is 0 Å². The number of carbonyl (C=O) groups is 1. The topological polar surface area (TPSA) is 26.3 Å². The van der Waals surface area contributed by atoms with Gasteiger partial charge in [0.05, 0.1) is 5.56 Å². The summed E-state index contributed by atoms with van der Waals surface area (Å²) in [5.41, 5.74) is 2.75. The number of benzene rings is 2. The van der Waals surface area contributed by atoms with E-state index in [-0.39, 0.29) is 12.1 Å². The molecule has 0 radical (unpaired) electrons. The van der Waals surface area contributed by atoms with E-state index in [4.69, 9.17) is 4.74 Å². The quantitative estimate of drug-likeness (QED) is 0.747. The zero-order valence-electron chi connectivity index (χ0n) is 9.60. The second-order valence-corrected chi connectivity index (χ2v) is 5.23. The first kappa shape index (κ1) is 11.5. The van der Waals surface area contributed by atoms with Crippen molar-refractivity contribution in [2.45, 2.75) is 12.5 Å². The molecule has 0 saturated heterocycles. The van der Waals surface area contributed by atoms with Crippen molar-refractivity contribution in [3.8, 4) is 0 Å². The van der Waals surface area contributed by atoms with Crippen LogP contribution in [0.1, 0.15) is 27.6 Å². The Morgan fingerprint density at radius 3 is 2.67 bits per heavy atom. The molecule has 1 aliphatic heterocycles. The molecule has 0 saturated carbocycles. The summed E-state index contributed by atoms with van der Waals surface area (Å²) in [7, 11) is 0. The number of carbonyl (C=O) groups excluding carboxylic acids is 1. The number of hydrogen-bond acceptors (Lipinski definition) is 2. The maximum atomic E-state index is 12.0. The Morgan fingerprint density at radius 2 is 1.89 bits per heavy atom. The van der Waals surface area contributed by atoms with Crippen molar-refractivity contribution in [2.75, 3.05) is 0 Å². The molecule has 0 fully saturated rings. The van der Waals surface area contributed by atoms with Crippen LogP contribution in [0.4, 0.5) is 0 Å². The van der Waals surface area contributed by atoms with E-state index in [1.807, 2.05) is 48.5 Å². The number of cyclic esters (lactones) is 1. The van der Waals surface area contributed by atoms with Crippen molar-refractivity contribution in [1.82, 2.24) is 0 Å². The summed E-state index contributed by atoms with van der Waals surface area (Å²) in [4.78, 5) is 12.0. The standard InChI is InChI=1S/C15H11BrO2/c16-12-7-6-11-8-14(10-4-2-1-3-5-10)18-15(17)13(11)9-12/h1-7,9,14H,8H2. The van der Waals surface area contributed by atoms with Gasteiger partial charge in [0.25, 0.3) is 0 Å². The third-order valence-electron chi connectivity index (χ3n) is 3.12. The summed E-state index contributed by atoms with van der Waals surface area (Å²) in [6.45, 7) is 0. The van der Waals surface area contributed by atoms with Gasteiger partial charge in [-0.3, -0.25) is 0 Å². The Balaban J connectivity index is 1.97. The van der Waals surface area contributed by atoms with E-state index in [2.05, 4.69) is 15.9 Å². The van der Waals surface area contributed by atoms with Crippen molar-refractivity contribution < 1.29 is 9.53 Å². The van der Waals surface area contributed by atoms with Gasteiger partial charge in [0.1, 0.15) is 6.10 Å². The SMILES string of the molecule is O=C1OC(c2ccccc2)Cc2ccc(Br)cc21.